The van der Waals surface area contributed by atoms with Crippen molar-refractivity contribution >= 4 is 11.8 Å². The summed E-state index contributed by atoms with van der Waals surface area (Å²) >= 11 is 0. The van der Waals surface area contributed by atoms with Crippen molar-refractivity contribution in [1.82, 2.24) is 0 Å². The van der Waals surface area contributed by atoms with Crippen molar-refractivity contribution in [2.75, 3.05) is 32.8 Å². The number of carbonyl (C=O) groups excluding carboxylic acids is 2. The molecule has 0 aromatic heterocycles. The first-order valence-electron chi connectivity index (χ1n) is 11.8. The number of hydrogen-bond donors (Lipinski definition) is 1. The Morgan fingerprint density at radius 1 is 1.20 bits per heavy atom. The van der Waals surface area contributed by atoms with Crippen LogP contribution in [0.25, 0.3) is 0 Å². The van der Waals surface area contributed by atoms with Crippen molar-refractivity contribution in [3.8, 4) is 5.75 Å². The van der Waals surface area contributed by atoms with Gasteiger partial charge >= 0.3 is 5.97 Å². The van der Waals surface area contributed by atoms with Gasteiger partial charge in [-0.15, -0.1) is 0 Å². The van der Waals surface area contributed by atoms with Crippen molar-refractivity contribution in [2.24, 2.45) is 17.3 Å². The smallest absolute Gasteiger partial charge is 0.316 e. The molecule has 3 fully saturated rings. The first kappa shape index (κ1) is 20.2. The number of esters is 1. The van der Waals surface area contributed by atoms with Gasteiger partial charge in [-0.1, -0.05) is 13.0 Å². The lowest BCUT2D eigenvalue weighted by molar-refractivity contribution is -0.907. The largest absolute Gasteiger partial charge is 0.426 e. The van der Waals surface area contributed by atoms with Crippen LogP contribution in [0.3, 0.4) is 0 Å². The average molecular weight is 413 g/mol. The zero-order chi connectivity index (χ0) is 20.7. The van der Waals surface area contributed by atoms with Crippen molar-refractivity contribution in [2.45, 2.75) is 57.8 Å². The zero-order valence-corrected chi connectivity index (χ0v) is 18.1. The van der Waals surface area contributed by atoms with Crippen LogP contribution in [0.2, 0.25) is 0 Å². The Labute approximate surface area is 179 Å². The molecule has 1 aromatic rings. The molecule has 1 saturated heterocycles. The van der Waals surface area contributed by atoms with Crippen molar-refractivity contribution in [1.29, 1.82) is 0 Å². The quantitative estimate of drug-likeness (QED) is 0.609. The standard InChI is InChI=1S/C25H33NO4/c1-25-10-8-20-19-5-3-18(30-24(28)9-11-26-12-14-29-15-13-26)16-17(19)2-4-21(20)22(25)6-7-23(25)27/h3,5,16,20-22H,2,4,6-15H2,1H3/p+1/t20-,21-,22+,25+/m1/s1. The highest BCUT2D eigenvalue weighted by molar-refractivity contribution is 5.87. The third-order valence-corrected chi connectivity index (χ3v) is 8.52. The highest BCUT2D eigenvalue weighted by atomic mass is 16.5. The molecule has 1 aromatic carbocycles. The zero-order valence-electron chi connectivity index (χ0n) is 18.1. The van der Waals surface area contributed by atoms with Crippen LogP contribution < -0.4 is 9.64 Å². The number of Topliss-reactive ketones (excluding diaryl/α,β-unsaturated/α-hetero) is 1. The Bertz CT molecular complexity index is 830. The maximum atomic E-state index is 12.5. The van der Waals surface area contributed by atoms with Crippen LogP contribution in [0.5, 0.6) is 5.75 Å². The Morgan fingerprint density at radius 3 is 2.87 bits per heavy atom. The summed E-state index contributed by atoms with van der Waals surface area (Å²) < 4.78 is 11.1. The van der Waals surface area contributed by atoms with Gasteiger partial charge in [0, 0.05) is 11.8 Å². The molecule has 5 rings (SSSR count). The molecule has 1 aliphatic heterocycles. The van der Waals surface area contributed by atoms with Crippen LogP contribution >= 0.6 is 0 Å². The van der Waals surface area contributed by atoms with Gasteiger partial charge in [-0.3, -0.25) is 9.59 Å². The Hall–Kier alpha value is -1.72. The second-order valence-corrected chi connectivity index (χ2v) is 10.0. The number of carbonyl (C=O) groups is 2. The van der Waals surface area contributed by atoms with Gasteiger partial charge in [0.25, 0.3) is 0 Å². The summed E-state index contributed by atoms with van der Waals surface area (Å²) in [6.07, 6.45) is 6.62. The fourth-order valence-corrected chi connectivity index (χ4v) is 6.76. The summed E-state index contributed by atoms with van der Waals surface area (Å²) in [5.41, 5.74) is 2.70. The Kier molecular flexibility index (Phi) is 5.44. The fourth-order valence-electron chi connectivity index (χ4n) is 6.76. The summed E-state index contributed by atoms with van der Waals surface area (Å²) in [7, 11) is 0. The third kappa shape index (κ3) is 3.60. The van der Waals surface area contributed by atoms with E-state index in [0.29, 0.717) is 35.7 Å². The molecule has 5 heteroatoms. The van der Waals surface area contributed by atoms with E-state index < -0.39 is 0 Å². The van der Waals surface area contributed by atoms with Crippen molar-refractivity contribution in [3.05, 3.63) is 29.3 Å². The number of rotatable bonds is 4. The summed E-state index contributed by atoms with van der Waals surface area (Å²) in [6.45, 7) is 6.55. The minimum Gasteiger partial charge on any atom is -0.426 e. The van der Waals surface area contributed by atoms with Gasteiger partial charge in [-0.25, -0.2) is 0 Å². The molecule has 0 bridgehead atoms. The number of hydrogen-bond acceptors (Lipinski definition) is 4. The fraction of sp³-hybridized carbons (Fsp3) is 0.680. The van der Waals surface area contributed by atoms with Gasteiger partial charge in [-0.05, 0) is 73.1 Å². The van der Waals surface area contributed by atoms with Crippen LogP contribution in [-0.2, 0) is 20.7 Å². The first-order valence-corrected chi connectivity index (χ1v) is 11.8. The molecule has 4 atom stereocenters. The van der Waals surface area contributed by atoms with Crippen molar-refractivity contribution < 1.29 is 24.0 Å². The second kappa shape index (κ2) is 8.08. The van der Waals surface area contributed by atoms with E-state index in [0.717, 1.165) is 71.4 Å². The molecular weight excluding hydrogens is 378 g/mol. The highest BCUT2D eigenvalue weighted by Gasteiger charge is 2.54. The molecule has 3 aliphatic carbocycles. The molecular formula is C25H34NO4+. The number of quaternary nitrogens is 1. The second-order valence-electron chi connectivity index (χ2n) is 10.0. The Balaban J connectivity index is 1.23. The van der Waals surface area contributed by atoms with E-state index in [1.54, 1.807) is 0 Å². The molecule has 5 nitrogen and oxygen atoms in total. The number of ether oxygens (including phenoxy) is 2. The summed E-state index contributed by atoms with van der Waals surface area (Å²) in [5.74, 6) is 2.79. The molecule has 30 heavy (non-hydrogen) atoms. The number of fused-ring (bicyclic) bond motifs is 5. The highest BCUT2D eigenvalue weighted by Crippen LogP contribution is 2.59. The monoisotopic (exact) mass is 412 g/mol. The van der Waals surface area contributed by atoms with Gasteiger partial charge in [0.2, 0.25) is 0 Å². The number of nitrogens with one attached hydrogen (secondary N) is 1. The van der Waals surface area contributed by atoms with Crippen LogP contribution in [0.15, 0.2) is 18.2 Å². The predicted octanol–water partition coefficient (Wildman–Crippen LogP) is 2.32. The molecule has 0 radical (unpaired) electrons. The third-order valence-electron chi connectivity index (χ3n) is 8.52. The van der Waals surface area contributed by atoms with Gasteiger partial charge in [0.05, 0.1) is 26.2 Å². The molecule has 0 spiro atoms. The summed E-state index contributed by atoms with van der Waals surface area (Å²) in [6, 6.07) is 6.27. The van der Waals surface area contributed by atoms with E-state index in [-0.39, 0.29) is 11.4 Å². The molecule has 2 saturated carbocycles. The van der Waals surface area contributed by atoms with Gasteiger partial charge in [-0.2, -0.15) is 0 Å². The number of morpholine rings is 1. The maximum absolute atomic E-state index is 12.5. The van der Waals surface area contributed by atoms with E-state index in [2.05, 4.69) is 19.1 Å². The SMILES string of the molecule is C[C@]12CC[C@@H]3c4ccc(OC(=O)CC[NH+]5CCOCC5)cc4CC[C@H]3[C@@H]1CCC2=O. The topological polar surface area (TPSA) is 57.0 Å². The summed E-state index contributed by atoms with van der Waals surface area (Å²) in [5, 5.41) is 0. The lowest BCUT2D eigenvalue weighted by atomic mass is 9.55. The minimum absolute atomic E-state index is 0.0728. The molecule has 162 valence electrons. The molecule has 4 aliphatic rings. The van der Waals surface area contributed by atoms with Crippen LogP contribution in [0, 0.1) is 17.3 Å². The van der Waals surface area contributed by atoms with Crippen LogP contribution in [-0.4, -0.2) is 44.6 Å². The average Bonchev–Trinajstić information content (AvgIpc) is 3.07. The molecule has 0 unspecified atom stereocenters. The van der Waals surface area contributed by atoms with E-state index in [4.69, 9.17) is 9.47 Å². The number of benzene rings is 1. The lowest BCUT2D eigenvalue weighted by Crippen LogP contribution is -3.14. The molecule has 1 N–H and O–H groups in total. The molecule has 0 amide bonds. The number of aryl methyl sites for hydroxylation is 1. The first-order chi connectivity index (χ1) is 14.5. The minimum atomic E-state index is -0.138. The van der Waals surface area contributed by atoms with Crippen LogP contribution in [0.1, 0.15) is 62.5 Å². The van der Waals surface area contributed by atoms with E-state index >= 15 is 0 Å². The van der Waals surface area contributed by atoms with E-state index in [9.17, 15) is 9.59 Å². The normalized spacial score (nSPS) is 33.5. The molecule has 1 heterocycles. The van der Waals surface area contributed by atoms with Gasteiger partial charge in [0.1, 0.15) is 24.6 Å². The Morgan fingerprint density at radius 2 is 2.03 bits per heavy atom. The maximum Gasteiger partial charge on any atom is 0.316 e. The van der Waals surface area contributed by atoms with Crippen molar-refractivity contribution in [3.63, 3.8) is 0 Å². The van der Waals surface area contributed by atoms with Gasteiger partial charge < -0.3 is 14.4 Å². The number of ketones is 1. The summed E-state index contributed by atoms with van der Waals surface area (Å²) in [4.78, 5) is 26.3. The van der Waals surface area contributed by atoms with E-state index in [1.165, 1.54) is 16.0 Å². The van der Waals surface area contributed by atoms with E-state index in [1.807, 2.05) is 6.07 Å². The predicted molar refractivity (Wildman–Crippen MR) is 113 cm³/mol. The van der Waals surface area contributed by atoms with Gasteiger partial charge in [0.15, 0.2) is 0 Å². The lowest BCUT2D eigenvalue weighted by Gasteiger charge is -2.48. The van der Waals surface area contributed by atoms with Crippen LogP contribution in [0.4, 0.5) is 0 Å².